The van der Waals surface area contributed by atoms with E-state index in [-0.39, 0.29) is 29.0 Å². The van der Waals surface area contributed by atoms with Gasteiger partial charge in [0.15, 0.2) is 0 Å². The molecule has 1 spiro atoms. The second-order valence-corrected chi connectivity index (χ2v) is 6.39. The first kappa shape index (κ1) is 14.9. The van der Waals surface area contributed by atoms with Crippen LogP contribution in [-0.2, 0) is 16.1 Å². The van der Waals surface area contributed by atoms with Crippen molar-refractivity contribution in [3.8, 4) is 0 Å². The molecule has 1 aliphatic heterocycles. The van der Waals surface area contributed by atoms with Crippen LogP contribution in [0.2, 0.25) is 0 Å². The highest BCUT2D eigenvalue weighted by Gasteiger charge is 2.46. The summed E-state index contributed by atoms with van der Waals surface area (Å²) in [6.45, 7) is 2.14. The number of rotatable bonds is 3. The quantitative estimate of drug-likeness (QED) is 0.863. The molecule has 1 aromatic carbocycles. The Bertz CT molecular complexity index is 639. The van der Waals surface area contributed by atoms with Gasteiger partial charge in [0, 0.05) is 24.9 Å². The molecule has 5 heteroatoms. The number of nitrogens with zero attached hydrogens (tertiary/aromatic N) is 1. The minimum Gasteiger partial charge on any atom is -0.478 e. The summed E-state index contributed by atoms with van der Waals surface area (Å²) in [6.07, 6.45) is 2.06. The number of benzene rings is 1. The fourth-order valence-electron chi connectivity index (χ4n) is 3.56. The molecule has 5 nitrogen and oxygen atoms in total. The molecule has 1 saturated carbocycles. The maximum Gasteiger partial charge on any atom is 0.335 e. The van der Waals surface area contributed by atoms with Gasteiger partial charge < -0.3 is 5.11 Å². The molecule has 1 unspecified atom stereocenters. The standard InChI is InChI=1S/C17H19NO4/c19-14-4-5-17(15(20)9-14)6-7-18(11-17)10-12-2-1-3-13(8-12)16(21)22/h1-3,8H,4-7,9-11H2,(H,21,22). The van der Waals surface area contributed by atoms with Gasteiger partial charge in [-0.3, -0.25) is 14.5 Å². The minimum atomic E-state index is -0.930. The van der Waals surface area contributed by atoms with E-state index < -0.39 is 5.97 Å². The van der Waals surface area contributed by atoms with Gasteiger partial charge in [-0.15, -0.1) is 0 Å². The van der Waals surface area contributed by atoms with E-state index >= 15 is 0 Å². The fraction of sp³-hybridized carbons (Fsp3) is 0.471. The van der Waals surface area contributed by atoms with Crippen molar-refractivity contribution < 1.29 is 19.5 Å². The van der Waals surface area contributed by atoms with Gasteiger partial charge in [-0.25, -0.2) is 4.79 Å². The Labute approximate surface area is 128 Å². The molecule has 2 aliphatic rings. The van der Waals surface area contributed by atoms with E-state index in [1.807, 2.05) is 6.07 Å². The number of carbonyl (C=O) groups is 3. The molecule has 1 N–H and O–H groups in total. The predicted octanol–water partition coefficient (Wildman–Crippen LogP) is 1.90. The maximum atomic E-state index is 12.2. The van der Waals surface area contributed by atoms with Gasteiger partial charge in [-0.05, 0) is 37.1 Å². The monoisotopic (exact) mass is 301 g/mol. The normalized spacial score (nSPS) is 25.8. The lowest BCUT2D eigenvalue weighted by Gasteiger charge is -2.31. The van der Waals surface area contributed by atoms with Crippen molar-refractivity contribution in [3.63, 3.8) is 0 Å². The van der Waals surface area contributed by atoms with Crippen LogP contribution >= 0.6 is 0 Å². The lowest BCUT2D eigenvalue weighted by Crippen LogP contribution is -2.39. The first-order valence-corrected chi connectivity index (χ1v) is 7.58. The van der Waals surface area contributed by atoms with Crippen LogP contribution in [0.15, 0.2) is 24.3 Å². The highest BCUT2D eigenvalue weighted by Crippen LogP contribution is 2.40. The second kappa shape index (κ2) is 5.65. The Balaban J connectivity index is 1.68. The Morgan fingerprint density at radius 2 is 2.09 bits per heavy atom. The Morgan fingerprint density at radius 3 is 2.82 bits per heavy atom. The van der Waals surface area contributed by atoms with Crippen LogP contribution in [0.4, 0.5) is 0 Å². The first-order chi connectivity index (χ1) is 10.5. The molecule has 1 aromatic rings. The van der Waals surface area contributed by atoms with Crippen molar-refractivity contribution in [3.05, 3.63) is 35.4 Å². The highest BCUT2D eigenvalue weighted by atomic mass is 16.4. The van der Waals surface area contributed by atoms with Crippen molar-refractivity contribution in [2.24, 2.45) is 5.41 Å². The molecule has 1 heterocycles. The number of aromatic carboxylic acids is 1. The van der Waals surface area contributed by atoms with Crippen LogP contribution in [-0.4, -0.2) is 40.6 Å². The third-order valence-electron chi connectivity index (χ3n) is 4.84. The number of hydrogen-bond acceptors (Lipinski definition) is 4. The largest absolute Gasteiger partial charge is 0.478 e. The summed E-state index contributed by atoms with van der Waals surface area (Å²) in [5.74, 6) is -0.783. The SMILES string of the molecule is O=C1CCC2(CCN(Cc3cccc(C(=O)O)c3)C2)C(=O)C1. The number of ketones is 2. The maximum absolute atomic E-state index is 12.2. The molecular weight excluding hydrogens is 282 g/mol. The molecule has 116 valence electrons. The van der Waals surface area contributed by atoms with E-state index in [9.17, 15) is 14.4 Å². The van der Waals surface area contributed by atoms with Gasteiger partial charge >= 0.3 is 5.97 Å². The van der Waals surface area contributed by atoms with Gasteiger partial charge in [0.1, 0.15) is 11.6 Å². The number of likely N-dealkylation sites (tertiary alicyclic amines) is 1. The summed E-state index contributed by atoms with van der Waals surface area (Å²) in [5, 5.41) is 9.04. The average molecular weight is 301 g/mol. The summed E-state index contributed by atoms with van der Waals surface area (Å²) in [7, 11) is 0. The van der Waals surface area contributed by atoms with Crippen molar-refractivity contribution in [2.75, 3.05) is 13.1 Å². The molecule has 3 rings (SSSR count). The molecule has 0 radical (unpaired) electrons. The fourth-order valence-corrected chi connectivity index (χ4v) is 3.56. The lowest BCUT2D eigenvalue weighted by atomic mass is 9.72. The zero-order valence-corrected chi connectivity index (χ0v) is 12.4. The lowest BCUT2D eigenvalue weighted by molar-refractivity contribution is -0.137. The summed E-state index contributed by atoms with van der Waals surface area (Å²) in [6, 6.07) is 6.91. The van der Waals surface area contributed by atoms with Crippen LogP contribution in [0, 0.1) is 5.41 Å². The number of Topliss-reactive ketones (excluding diaryl/α,β-unsaturated/α-hetero) is 2. The van der Waals surface area contributed by atoms with Gasteiger partial charge in [-0.2, -0.15) is 0 Å². The molecule has 0 bridgehead atoms. The second-order valence-electron chi connectivity index (χ2n) is 6.39. The Hall–Kier alpha value is -2.01. The summed E-state index contributed by atoms with van der Waals surface area (Å²) < 4.78 is 0. The molecule has 1 saturated heterocycles. The van der Waals surface area contributed by atoms with Crippen LogP contribution < -0.4 is 0 Å². The van der Waals surface area contributed by atoms with Crippen LogP contribution in [0.25, 0.3) is 0 Å². The average Bonchev–Trinajstić information content (AvgIpc) is 2.88. The highest BCUT2D eigenvalue weighted by molar-refractivity contribution is 6.04. The van der Waals surface area contributed by atoms with Gasteiger partial charge in [-0.1, -0.05) is 12.1 Å². The van der Waals surface area contributed by atoms with Crippen LogP contribution in [0.1, 0.15) is 41.6 Å². The van der Waals surface area contributed by atoms with E-state index in [4.69, 9.17) is 5.11 Å². The van der Waals surface area contributed by atoms with Crippen LogP contribution in [0.3, 0.4) is 0 Å². The van der Waals surface area contributed by atoms with Crippen molar-refractivity contribution in [2.45, 2.75) is 32.2 Å². The van der Waals surface area contributed by atoms with Crippen molar-refractivity contribution >= 4 is 17.5 Å². The minimum absolute atomic E-state index is 0.0586. The zero-order valence-electron chi connectivity index (χ0n) is 12.4. The molecule has 0 aromatic heterocycles. The van der Waals surface area contributed by atoms with E-state index in [0.717, 1.165) is 18.5 Å². The molecular formula is C17H19NO4. The van der Waals surface area contributed by atoms with Gasteiger partial charge in [0.25, 0.3) is 0 Å². The number of hydrogen-bond donors (Lipinski definition) is 1. The third kappa shape index (κ3) is 2.81. The van der Waals surface area contributed by atoms with Crippen LogP contribution in [0.5, 0.6) is 0 Å². The van der Waals surface area contributed by atoms with E-state index in [0.29, 0.717) is 25.9 Å². The van der Waals surface area contributed by atoms with E-state index in [1.54, 1.807) is 18.2 Å². The predicted molar refractivity (Wildman–Crippen MR) is 79.6 cm³/mol. The molecule has 22 heavy (non-hydrogen) atoms. The first-order valence-electron chi connectivity index (χ1n) is 7.58. The molecule has 0 amide bonds. The topological polar surface area (TPSA) is 74.7 Å². The smallest absolute Gasteiger partial charge is 0.335 e. The van der Waals surface area contributed by atoms with E-state index in [1.165, 1.54) is 0 Å². The summed E-state index contributed by atoms with van der Waals surface area (Å²) in [4.78, 5) is 36.8. The molecule has 2 fully saturated rings. The number of carbonyl (C=O) groups excluding carboxylic acids is 2. The van der Waals surface area contributed by atoms with Gasteiger partial charge in [0.05, 0.1) is 12.0 Å². The third-order valence-corrected chi connectivity index (χ3v) is 4.84. The van der Waals surface area contributed by atoms with Crippen molar-refractivity contribution in [1.82, 2.24) is 4.90 Å². The van der Waals surface area contributed by atoms with E-state index in [2.05, 4.69) is 4.90 Å². The molecule has 1 atom stereocenters. The number of carboxylic acids is 1. The van der Waals surface area contributed by atoms with Gasteiger partial charge in [0.2, 0.25) is 0 Å². The van der Waals surface area contributed by atoms with Crippen molar-refractivity contribution in [1.29, 1.82) is 0 Å². The Kier molecular flexibility index (Phi) is 3.83. The molecule has 1 aliphatic carbocycles. The summed E-state index contributed by atoms with van der Waals surface area (Å²) in [5.41, 5.74) is 0.875. The summed E-state index contributed by atoms with van der Waals surface area (Å²) >= 11 is 0. The zero-order chi connectivity index (χ0) is 15.7. The Morgan fingerprint density at radius 1 is 1.27 bits per heavy atom. The number of carboxylic acid groups (broad SMARTS) is 1.